The highest BCUT2D eigenvalue weighted by Gasteiger charge is 2.35. The summed E-state index contributed by atoms with van der Waals surface area (Å²) in [5.74, 6) is -1.48. The molecule has 0 aliphatic carbocycles. The summed E-state index contributed by atoms with van der Waals surface area (Å²) in [5, 5.41) is 5.94. The largest absolute Gasteiger partial charge is 0.341 e. The topological polar surface area (TPSA) is 146 Å². The summed E-state index contributed by atoms with van der Waals surface area (Å²) in [6, 6.07) is 18.2. The summed E-state index contributed by atoms with van der Waals surface area (Å²) in [7, 11) is 3.76. The zero-order chi connectivity index (χ0) is 39.6. The summed E-state index contributed by atoms with van der Waals surface area (Å²) < 4.78 is 3.71. The molecule has 0 spiro atoms. The molecule has 1 N–H and O–H groups in total. The molecule has 2 aliphatic heterocycles. The number of carbonyl (C=O) groups excluding carboxylic acids is 5. The van der Waals surface area contributed by atoms with Gasteiger partial charge in [-0.25, -0.2) is 9.97 Å². The first-order chi connectivity index (χ1) is 27.8. The second kappa shape index (κ2) is 15.9. The molecule has 6 aromatic rings. The SMILES string of the molecule is CNCCCC(=O)N(CCCN(C)CCN1C(=O)c2cccc3c(-n4ccnc4)ccc(c23)C1=O)CCN1C(=O)c2cccc3c(-n4ccnc4)ccc(c23)C1=O. The van der Waals surface area contributed by atoms with E-state index >= 15 is 0 Å². The van der Waals surface area contributed by atoms with E-state index in [1.165, 1.54) is 9.80 Å². The van der Waals surface area contributed by atoms with Crippen LogP contribution in [0.1, 0.15) is 60.7 Å². The van der Waals surface area contributed by atoms with Crippen LogP contribution in [0.15, 0.2) is 98.1 Å². The fourth-order valence-electron chi connectivity index (χ4n) is 7.99. The molecule has 0 saturated heterocycles. The van der Waals surface area contributed by atoms with Crippen molar-refractivity contribution in [3.05, 3.63) is 120 Å². The molecule has 4 aromatic carbocycles. The van der Waals surface area contributed by atoms with Crippen LogP contribution in [-0.2, 0) is 4.79 Å². The lowest BCUT2D eigenvalue weighted by atomic mass is 9.93. The van der Waals surface area contributed by atoms with Crippen molar-refractivity contribution in [3.63, 3.8) is 0 Å². The number of aromatic nitrogens is 4. The minimum atomic E-state index is -0.387. The number of imidazole rings is 2. The summed E-state index contributed by atoms with van der Waals surface area (Å²) in [6.45, 7) is 2.59. The first-order valence-corrected chi connectivity index (χ1v) is 19.2. The molecular formula is C43H43N9O5. The number of nitrogens with zero attached hydrogens (tertiary/aromatic N) is 8. The van der Waals surface area contributed by atoms with Crippen molar-refractivity contribution < 1.29 is 24.0 Å². The van der Waals surface area contributed by atoms with Gasteiger partial charge in [-0.3, -0.25) is 33.8 Å². The third-order valence-electron chi connectivity index (χ3n) is 10.9. The van der Waals surface area contributed by atoms with Gasteiger partial charge in [0.25, 0.3) is 23.6 Å². The predicted octanol–water partition coefficient (Wildman–Crippen LogP) is 4.41. The summed E-state index contributed by atoms with van der Waals surface area (Å²) in [4.78, 5) is 83.2. The second-order valence-corrected chi connectivity index (χ2v) is 14.4. The Morgan fingerprint density at radius 3 is 1.63 bits per heavy atom. The molecule has 14 nitrogen and oxygen atoms in total. The average Bonchev–Trinajstić information content (AvgIpc) is 3.97. The van der Waals surface area contributed by atoms with E-state index in [-0.39, 0.29) is 49.2 Å². The molecule has 0 radical (unpaired) electrons. The minimum Gasteiger partial charge on any atom is -0.341 e. The number of nitrogens with one attached hydrogen (secondary N) is 1. The van der Waals surface area contributed by atoms with E-state index in [9.17, 15) is 24.0 Å². The Hall–Kier alpha value is -6.51. The Bertz CT molecular complexity index is 2470. The number of hydrogen-bond donors (Lipinski definition) is 1. The van der Waals surface area contributed by atoms with Crippen molar-refractivity contribution in [3.8, 4) is 11.4 Å². The van der Waals surface area contributed by atoms with Gasteiger partial charge >= 0.3 is 0 Å². The van der Waals surface area contributed by atoms with Crippen LogP contribution < -0.4 is 5.32 Å². The van der Waals surface area contributed by atoms with Crippen LogP contribution in [0, 0.1) is 0 Å². The maximum atomic E-state index is 13.9. The molecule has 0 fully saturated rings. The van der Waals surface area contributed by atoms with Crippen LogP contribution in [0.2, 0.25) is 0 Å². The van der Waals surface area contributed by atoms with Crippen LogP contribution in [-0.4, -0.2) is 128 Å². The van der Waals surface area contributed by atoms with Gasteiger partial charge in [0, 0.05) is 108 Å². The van der Waals surface area contributed by atoms with E-state index in [1.54, 1.807) is 54.2 Å². The lowest BCUT2D eigenvalue weighted by molar-refractivity contribution is -0.131. The van der Waals surface area contributed by atoms with Crippen LogP contribution in [0.25, 0.3) is 32.9 Å². The van der Waals surface area contributed by atoms with Crippen LogP contribution in [0.4, 0.5) is 0 Å². The molecule has 57 heavy (non-hydrogen) atoms. The minimum absolute atomic E-state index is 0.0502. The van der Waals surface area contributed by atoms with Gasteiger partial charge in [-0.1, -0.05) is 24.3 Å². The average molecular weight is 766 g/mol. The van der Waals surface area contributed by atoms with Gasteiger partial charge in [-0.05, 0) is 76.4 Å². The molecule has 2 aromatic heterocycles. The normalized spacial score (nSPS) is 13.8. The number of rotatable bonds is 16. The number of likely N-dealkylation sites (N-methyl/N-ethyl adjacent to an activating group) is 1. The van der Waals surface area contributed by atoms with E-state index < -0.39 is 0 Å². The second-order valence-electron chi connectivity index (χ2n) is 14.4. The van der Waals surface area contributed by atoms with Crippen molar-refractivity contribution >= 4 is 51.1 Å². The standard InChI is InChI=1S/C43H43N9O5/c1-44-16-5-11-37(53)48(24-26-52-41(55)32-10-4-8-30-36(50-22-18-46-28-50)15-13-34(39(30)32)43(52)57)20-6-19-47(2)23-25-51-40(54)31-9-3-7-29-35(49-21-17-45-27-49)14-12-33(38(29)31)42(51)56/h3-4,7-10,12-15,17-18,21-22,27-28,44H,5-6,11,16,19-20,23-26H2,1-2H3. The molecule has 4 heterocycles. The highest BCUT2D eigenvalue weighted by molar-refractivity contribution is 6.27. The molecule has 14 heteroatoms. The highest BCUT2D eigenvalue weighted by Crippen LogP contribution is 2.35. The molecule has 0 atom stereocenters. The molecule has 2 aliphatic rings. The van der Waals surface area contributed by atoms with Crippen molar-refractivity contribution in [2.45, 2.75) is 19.3 Å². The lowest BCUT2D eigenvalue weighted by Gasteiger charge is -2.31. The van der Waals surface area contributed by atoms with Crippen molar-refractivity contribution in [1.29, 1.82) is 0 Å². The molecular weight excluding hydrogens is 723 g/mol. The van der Waals surface area contributed by atoms with Crippen molar-refractivity contribution in [1.82, 2.24) is 44.0 Å². The van der Waals surface area contributed by atoms with Crippen LogP contribution in [0.5, 0.6) is 0 Å². The first-order valence-electron chi connectivity index (χ1n) is 19.2. The summed E-state index contributed by atoms with van der Waals surface area (Å²) in [6.07, 6.45) is 12.0. The number of carbonyl (C=O) groups is 5. The third-order valence-corrected chi connectivity index (χ3v) is 10.9. The quantitative estimate of drug-likeness (QED) is 0.112. The predicted molar refractivity (Wildman–Crippen MR) is 215 cm³/mol. The Labute approximate surface area is 329 Å². The molecule has 5 amide bonds. The van der Waals surface area contributed by atoms with Gasteiger partial charge in [0.15, 0.2) is 0 Å². The van der Waals surface area contributed by atoms with Crippen molar-refractivity contribution in [2.24, 2.45) is 0 Å². The van der Waals surface area contributed by atoms with Crippen LogP contribution >= 0.6 is 0 Å². The van der Waals surface area contributed by atoms with E-state index in [0.717, 1.165) is 22.1 Å². The zero-order valence-corrected chi connectivity index (χ0v) is 31.9. The molecule has 0 unspecified atom stereocenters. The Kier molecular flexibility index (Phi) is 10.5. The maximum absolute atomic E-state index is 13.9. The van der Waals surface area contributed by atoms with E-state index in [4.69, 9.17) is 0 Å². The van der Waals surface area contributed by atoms with Gasteiger partial charge in [-0.15, -0.1) is 0 Å². The smallest absolute Gasteiger partial charge is 0.261 e. The lowest BCUT2D eigenvalue weighted by Crippen LogP contribution is -2.46. The molecule has 8 rings (SSSR count). The van der Waals surface area contributed by atoms with Gasteiger partial charge in [0.05, 0.1) is 24.0 Å². The summed E-state index contributed by atoms with van der Waals surface area (Å²) >= 11 is 0. The van der Waals surface area contributed by atoms with Gasteiger partial charge < -0.3 is 24.3 Å². The van der Waals surface area contributed by atoms with Gasteiger partial charge in [0.2, 0.25) is 5.91 Å². The highest BCUT2D eigenvalue weighted by atomic mass is 16.2. The van der Waals surface area contributed by atoms with Crippen LogP contribution in [0.3, 0.4) is 0 Å². The van der Waals surface area contributed by atoms with Gasteiger partial charge in [0.1, 0.15) is 0 Å². The monoisotopic (exact) mass is 765 g/mol. The third kappa shape index (κ3) is 6.98. The summed E-state index contributed by atoms with van der Waals surface area (Å²) in [5.41, 5.74) is 3.54. The molecule has 0 saturated carbocycles. The first kappa shape index (κ1) is 37.4. The Balaban J connectivity index is 0.908. The zero-order valence-electron chi connectivity index (χ0n) is 31.9. The number of imide groups is 2. The number of hydrogen-bond acceptors (Lipinski definition) is 9. The van der Waals surface area contributed by atoms with Gasteiger partial charge in [-0.2, -0.15) is 0 Å². The van der Waals surface area contributed by atoms with E-state index in [0.29, 0.717) is 78.5 Å². The number of benzene rings is 4. The maximum Gasteiger partial charge on any atom is 0.261 e. The molecule has 290 valence electrons. The Morgan fingerprint density at radius 1 is 0.632 bits per heavy atom. The fourth-order valence-corrected chi connectivity index (χ4v) is 7.99. The number of amides is 5. The fraction of sp³-hybridized carbons (Fsp3) is 0.279. The van der Waals surface area contributed by atoms with E-state index in [1.807, 2.05) is 76.9 Å². The van der Waals surface area contributed by atoms with Crippen molar-refractivity contribution in [2.75, 3.05) is 59.9 Å². The molecule has 0 bridgehead atoms. The Morgan fingerprint density at radius 2 is 1.14 bits per heavy atom. The van der Waals surface area contributed by atoms with E-state index in [2.05, 4.69) is 15.3 Å².